The van der Waals surface area contributed by atoms with Gasteiger partial charge in [0, 0.05) is 5.75 Å². The number of rotatable bonds is 5. The molecule has 0 radical (unpaired) electrons. The third-order valence-corrected chi connectivity index (χ3v) is 3.06. The Morgan fingerprint density at radius 1 is 1.35 bits per heavy atom. The van der Waals surface area contributed by atoms with Crippen molar-refractivity contribution in [2.45, 2.75) is 24.3 Å². The van der Waals surface area contributed by atoms with Crippen LogP contribution in [0.4, 0.5) is 0 Å². The van der Waals surface area contributed by atoms with Gasteiger partial charge >= 0.3 is 0 Å². The number of hydrogen-bond donors (Lipinski definition) is 1. The number of H-pyrrole nitrogens is 1. The van der Waals surface area contributed by atoms with Gasteiger partial charge in [0.25, 0.3) is 0 Å². The van der Waals surface area contributed by atoms with Crippen LogP contribution in [0.25, 0.3) is 0 Å². The van der Waals surface area contributed by atoms with Crippen molar-refractivity contribution >= 4 is 17.5 Å². The van der Waals surface area contributed by atoms with Crippen LogP contribution in [0.5, 0.6) is 0 Å². The van der Waals surface area contributed by atoms with Crippen molar-refractivity contribution in [2.75, 3.05) is 0 Å². The van der Waals surface area contributed by atoms with E-state index in [1.807, 2.05) is 18.2 Å². The van der Waals surface area contributed by atoms with Gasteiger partial charge in [-0.2, -0.15) is 0 Å². The Bertz CT molecular complexity index is 495. The minimum atomic E-state index is 0.0840. The molecule has 88 valence electrons. The number of thioether (sulfide) groups is 1. The second-order valence-electron chi connectivity index (χ2n) is 3.72. The van der Waals surface area contributed by atoms with Crippen molar-refractivity contribution in [3.63, 3.8) is 0 Å². The number of aromatic nitrogens is 3. The van der Waals surface area contributed by atoms with Gasteiger partial charge in [-0.15, -0.1) is 5.10 Å². The van der Waals surface area contributed by atoms with Gasteiger partial charge in [-0.25, -0.2) is 4.98 Å². The van der Waals surface area contributed by atoms with Crippen LogP contribution in [0.2, 0.25) is 0 Å². The Kier molecular flexibility index (Phi) is 3.93. The van der Waals surface area contributed by atoms with Crippen molar-refractivity contribution in [3.05, 3.63) is 41.7 Å². The van der Waals surface area contributed by atoms with E-state index in [1.165, 1.54) is 5.56 Å². The summed E-state index contributed by atoms with van der Waals surface area (Å²) < 4.78 is 0. The smallest absolute Gasteiger partial charge is 0.208 e. The lowest BCUT2D eigenvalue weighted by atomic mass is 10.2. The number of nitrogens with zero attached hydrogens (tertiary/aromatic N) is 2. The summed E-state index contributed by atoms with van der Waals surface area (Å²) in [5.74, 6) is 1.55. The molecular formula is C12H13N3OS. The standard InChI is InChI=1S/C12H13N3OS/c1-9(16)7-11-13-12(15-14-11)17-8-10-5-3-2-4-6-10/h2-6H,7-8H2,1H3,(H,13,14,15). The highest BCUT2D eigenvalue weighted by atomic mass is 32.2. The number of hydrogen-bond acceptors (Lipinski definition) is 4. The quantitative estimate of drug-likeness (QED) is 0.823. The SMILES string of the molecule is CC(=O)Cc1nc(SCc2ccccc2)n[nH]1. The largest absolute Gasteiger partial charge is 0.300 e. The summed E-state index contributed by atoms with van der Waals surface area (Å²) in [5.41, 5.74) is 1.23. The molecule has 5 heteroatoms. The summed E-state index contributed by atoms with van der Waals surface area (Å²) in [6.07, 6.45) is 0.318. The molecule has 0 atom stereocenters. The summed E-state index contributed by atoms with van der Waals surface area (Å²) in [6.45, 7) is 1.54. The lowest BCUT2D eigenvalue weighted by molar-refractivity contribution is -0.116. The third kappa shape index (κ3) is 3.71. The van der Waals surface area contributed by atoms with E-state index in [0.29, 0.717) is 17.4 Å². The first-order valence-corrected chi connectivity index (χ1v) is 6.30. The minimum absolute atomic E-state index is 0.0840. The normalized spacial score (nSPS) is 10.4. The molecule has 0 aliphatic heterocycles. The molecule has 0 aliphatic carbocycles. The van der Waals surface area contributed by atoms with E-state index in [-0.39, 0.29) is 5.78 Å². The lowest BCUT2D eigenvalue weighted by Crippen LogP contribution is -1.97. The first-order chi connectivity index (χ1) is 8.24. The monoisotopic (exact) mass is 247 g/mol. The van der Waals surface area contributed by atoms with E-state index in [9.17, 15) is 4.79 Å². The summed E-state index contributed by atoms with van der Waals surface area (Å²) in [6, 6.07) is 10.1. The zero-order chi connectivity index (χ0) is 12.1. The van der Waals surface area contributed by atoms with Crippen LogP contribution >= 0.6 is 11.8 Å². The number of carbonyl (C=O) groups is 1. The predicted octanol–water partition coefficient (Wildman–Crippen LogP) is 2.23. The van der Waals surface area contributed by atoms with Crippen LogP contribution in [0, 0.1) is 0 Å². The van der Waals surface area contributed by atoms with E-state index >= 15 is 0 Å². The van der Waals surface area contributed by atoms with E-state index in [1.54, 1.807) is 18.7 Å². The molecule has 0 bridgehead atoms. The molecule has 1 aromatic heterocycles. The van der Waals surface area contributed by atoms with E-state index in [0.717, 1.165) is 5.75 Å². The maximum absolute atomic E-state index is 10.9. The number of aromatic amines is 1. The van der Waals surface area contributed by atoms with Gasteiger partial charge in [-0.1, -0.05) is 42.1 Å². The molecule has 0 saturated heterocycles. The van der Waals surface area contributed by atoms with Crippen LogP contribution < -0.4 is 0 Å². The molecule has 0 aliphatic rings. The Hall–Kier alpha value is -1.62. The molecular weight excluding hydrogens is 234 g/mol. The number of nitrogens with one attached hydrogen (secondary N) is 1. The van der Waals surface area contributed by atoms with Gasteiger partial charge in [-0.3, -0.25) is 9.89 Å². The van der Waals surface area contributed by atoms with Crippen LogP contribution in [0.15, 0.2) is 35.5 Å². The van der Waals surface area contributed by atoms with Gasteiger partial charge in [0.2, 0.25) is 5.16 Å². The first kappa shape index (κ1) is 11.9. The molecule has 1 N–H and O–H groups in total. The van der Waals surface area contributed by atoms with Gasteiger partial charge in [0.15, 0.2) is 0 Å². The predicted molar refractivity (Wildman–Crippen MR) is 66.8 cm³/mol. The van der Waals surface area contributed by atoms with Crippen molar-refractivity contribution in [1.82, 2.24) is 15.2 Å². The average molecular weight is 247 g/mol. The van der Waals surface area contributed by atoms with Crippen molar-refractivity contribution in [1.29, 1.82) is 0 Å². The van der Waals surface area contributed by atoms with E-state index < -0.39 is 0 Å². The molecule has 0 spiro atoms. The Labute approximate surface area is 104 Å². The van der Waals surface area contributed by atoms with Crippen LogP contribution in [-0.2, 0) is 17.0 Å². The number of benzene rings is 1. The topological polar surface area (TPSA) is 58.6 Å². The Balaban J connectivity index is 1.91. The van der Waals surface area contributed by atoms with Gasteiger partial charge < -0.3 is 0 Å². The highest BCUT2D eigenvalue weighted by Gasteiger charge is 2.05. The summed E-state index contributed by atoms with van der Waals surface area (Å²) >= 11 is 1.56. The molecule has 2 aromatic rings. The zero-order valence-corrected chi connectivity index (χ0v) is 10.3. The Morgan fingerprint density at radius 2 is 2.12 bits per heavy atom. The zero-order valence-electron chi connectivity index (χ0n) is 9.51. The van der Waals surface area contributed by atoms with Crippen molar-refractivity contribution in [2.24, 2.45) is 0 Å². The van der Waals surface area contributed by atoms with Crippen LogP contribution in [0.1, 0.15) is 18.3 Å². The molecule has 1 heterocycles. The summed E-state index contributed by atoms with van der Waals surface area (Å²) in [5, 5.41) is 7.51. The fourth-order valence-electron chi connectivity index (χ4n) is 1.38. The number of Topliss-reactive ketones (excluding diaryl/α,β-unsaturated/α-hetero) is 1. The van der Waals surface area contributed by atoms with E-state index in [4.69, 9.17) is 0 Å². The van der Waals surface area contributed by atoms with E-state index in [2.05, 4.69) is 27.3 Å². The molecule has 0 fully saturated rings. The third-order valence-electron chi connectivity index (χ3n) is 2.14. The van der Waals surface area contributed by atoms with Crippen molar-refractivity contribution < 1.29 is 4.79 Å². The van der Waals surface area contributed by atoms with Crippen molar-refractivity contribution in [3.8, 4) is 0 Å². The van der Waals surface area contributed by atoms with Gasteiger partial charge in [-0.05, 0) is 12.5 Å². The van der Waals surface area contributed by atoms with Crippen LogP contribution in [0.3, 0.4) is 0 Å². The van der Waals surface area contributed by atoms with Gasteiger partial charge in [0.05, 0.1) is 6.42 Å². The number of carbonyl (C=O) groups excluding carboxylic acids is 1. The Morgan fingerprint density at radius 3 is 2.82 bits per heavy atom. The molecule has 1 aromatic carbocycles. The average Bonchev–Trinajstić information content (AvgIpc) is 2.75. The fourth-order valence-corrected chi connectivity index (χ4v) is 2.15. The van der Waals surface area contributed by atoms with Gasteiger partial charge in [0.1, 0.15) is 11.6 Å². The number of ketones is 1. The lowest BCUT2D eigenvalue weighted by Gasteiger charge is -1.96. The molecule has 17 heavy (non-hydrogen) atoms. The maximum atomic E-state index is 10.9. The molecule has 0 saturated carbocycles. The second-order valence-corrected chi connectivity index (χ2v) is 4.66. The molecule has 2 rings (SSSR count). The van der Waals surface area contributed by atoms with Crippen LogP contribution in [-0.4, -0.2) is 21.0 Å². The fraction of sp³-hybridized carbons (Fsp3) is 0.250. The molecule has 4 nitrogen and oxygen atoms in total. The first-order valence-electron chi connectivity index (χ1n) is 5.31. The second kappa shape index (κ2) is 5.63. The summed E-state index contributed by atoms with van der Waals surface area (Å²) in [4.78, 5) is 15.1. The highest BCUT2D eigenvalue weighted by molar-refractivity contribution is 7.98. The molecule has 0 unspecified atom stereocenters. The minimum Gasteiger partial charge on any atom is -0.300 e. The highest BCUT2D eigenvalue weighted by Crippen LogP contribution is 2.18. The molecule has 0 amide bonds. The summed E-state index contributed by atoms with van der Waals surface area (Å²) in [7, 11) is 0. The maximum Gasteiger partial charge on any atom is 0.208 e.